The summed E-state index contributed by atoms with van der Waals surface area (Å²) in [5.41, 5.74) is 1.40. The lowest BCUT2D eigenvalue weighted by atomic mass is 10.1. The second-order valence-electron chi connectivity index (χ2n) is 6.88. The molecule has 0 saturated carbocycles. The molecule has 34 heavy (non-hydrogen) atoms. The van der Waals surface area contributed by atoms with E-state index < -0.39 is 5.97 Å². The number of benzene rings is 2. The molecule has 2 aromatic carbocycles. The molecule has 0 radical (unpaired) electrons. The van der Waals surface area contributed by atoms with E-state index in [2.05, 4.69) is 15.5 Å². The van der Waals surface area contributed by atoms with E-state index >= 15 is 0 Å². The van der Waals surface area contributed by atoms with Crippen LogP contribution in [0.1, 0.15) is 17.3 Å². The maximum Gasteiger partial charge on any atom is 0.340 e. The Morgan fingerprint density at radius 1 is 1.03 bits per heavy atom. The first-order valence-corrected chi connectivity index (χ1v) is 11.3. The molecule has 3 aromatic rings. The van der Waals surface area contributed by atoms with Gasteiger partial charge in [-0.1, -0.05) is 23.9 Å². The zero-order chi connectivity index (χ0) is 24.7. The monoisotopic (exact) mass is 486 g/mol. The largest absolute Gasteiger partial charge is 0.493 e. The van der Waals surface area contributed by atoms with Gasteiger partial charge in [-0.05, 0) is 31.2 Å². The first-order valence-electron chi connectivity index (χ1n) is 10.3. The van der Waals surface area contributed by atoms with Gasteiger partial charge in [0.05, 0.1) is 44.9 Å². The average Bonchev–Trinajstić information content (AvgIpc) is 3.22. The highest BCUT2D eigenvalue weighted by Gasteiger charge is 2.19. The number of nitrogens with one attached hydrogen (secondary N) is 1. The number of nitrogens with zero attached hydrogens (tertiary/aromatic N) is 3. The second kappa shape index (κ2) is 11.4. The minimum atomic E-state index is -0.491. The molecular weight excluding hydrogens is 460 g/mol. The molecule has 180 valence electrons. The van der Waals surface area contributed by atoms with E-state index in [0.29, 0.717) is 45.0 Å². The van der Waals surface area contributed by atoms with Crippen LogP contribution in [0.2, 0.25) is 0 Å². The van der Waals surface area contributed by atoms with E-state index in [4.69, 9.17) is 18.9 Å². The molecule has 1 heterocycles. The van der Waals surface area contributed by atoms with E-state index in [1.807, 2.05) is 0 Å². The fourth-order valence-corrected chi connectivity index (χ4v) is 3.91. The van der Waals surface area contributed by atoms with Gasteiger partial charge in [0.1, 0.15) is 0 Å². The molecule has 0 aliphatic heterocycles. The number of amides is 1. The summed E-state index contributed by atoms with van der Waals surface area (Å²) < 4.78 is 23.0. The summed E-state index contributed by atoms with van der Waals surface area (Å²) in [6.45, 7) is 1.97. The van der Waals surface area contributed by atoms with Gasteiger partial charge in [-0.3, -0.25) is 4.79 Å². The Morgan fingerprint density at radius 2 is 1.71 bits per heavy atom. The number of para-hydroxylation sites is 1. The molecule has 0 atom stereocenters. The summed E-state index contributed by atoms with van der Waals surface area (Å²) in [5.74, 6) is 1.31. The number of hydrogen-bond donors (Lipinski definition) is 1. The number of hydrogen-bond acceptors (Lipinski definition) is 9. The Bertz CT molecular complexity index is 1160. The normalized spacial score (nSPS) is 10.5. The molecule has 1 amide bonds. The lowest BCUT2D eigenvalue weighted by molar-refractivity contribution is -0.113. The number of thioether (sulfide) groups is 1. The van der Waals surface area contributed by atoms with Gasteiger partial charge in [0.15, 0.2) is 22.5 Å². The van der Waals surface area contributed by atoms with E-state index in [-0.39, 0.29) is 18.3 Å². The third-order valence-corrected chi connectivity index (χ3v) is 5.81. The highest BCUT2D eigenvalue weighted by Crippen LogP contribution is 2.41. The molecule has 11 heteroatoms. The number of carbonyl (C=O) groups is 2. The second-order valence-corrected chi connectivity index (χ2v) is 7.82. The van der Waals surface area contributed by atoms with E-state index in [1.54, 1.807) is 54.9 Å². The molecule has 1 N–H and O–H groups in total. The number of rotatable bonds is 10. The lowest BCUT2D eigenvalue weighted by Gasteiger charge is -2.14. The first kappa shape index (κ1) is 24.9. The fourth-order valence-electron chi connectivity index (χ4n) is 3.20. The standard InChI is InChI=1S/C23H26N4O6S/c1-6-33-22(29)15-9-7-8-10-16(15)24-19(28)13-34-23-26-25-21(27(23)2)14-11-17(30-3)20(32-5)18(12-14)31-4/h7-12H,6,13H2,1-5H3,(H,24,28). The van der Waals surface area contributed by atoms with Crippen LogP contribution in [0, 0.1) is 0 Å². The van der Waals surface area contributed by atoms with Crippen LogP contribution in [0.25, 0.3) is 11.4 Å². The van der Waals surface area contributed by atoms with Gasteiger partial charge in [-0.15, -0.1) is 10.2 Å². The highest BCUT2D eigenvalue weighted by atomic mass is 32.2. The van der Waals surface area contributed by atoms with Crippen LogP contribution in [0.4, 0.5) is 5.69 Å². The van der Waals surface area contributed by atoms with Crippen molar-refractivity contribution in [2.24, 2.45) is 7.05 Å². The summed E-state index contributed by atoms with van der Waals surface area (Å²) >= 11 is 1.22. The SMILES string of the molecule is CCOC(=O)c1ccccc1NC(=O)CSc1nnc(-c2cc(OC)c(OC)c(OC)c2)n1C. The summed E-state index contributed by atoms with van der Waals surface area (Å²) in [6.07, 6.45) is 0. The zero-order valence-corrected chi connectivity index (χ0v) is 20.4. The molecule has 1 aromatic heterocycles. The number of anilines is 1. The van der Waals surface area contributed by atoms with E-state index in [9.17, 15) is 9.59 Å². The van der Waals surface area contributed by atoms with Crippen molar-refractivity contribution >= 4 is 29.3 Å². The van der Waals surface area contributed by atoms with Crippen molar-refractivity contribution in [2.45, 2.75) is 12.1 Å². The van der Waals surface area contributed by atoms with Crippen molar-refractivity contribution in [1.82, 2.24) is 14.8 Å². The molecule has 0 aliphatic rings. The molecule has 0 saturated heterocycles. The van der Waals surface area contributed by atoms with Crippen molar-refractivity contribution in [1.29, 1.82) is 0 Å². The first-order chi connectivity index (χ1) is 16.4. The molecule has 0 unspecified atom stereocenters. The number of esters is 1. The van der Waals surface area contributed by atoms with Gasteiger partial charge in [0.2, 0.25) is 11.7 Å². The van der Waals surface area contributed by atoms with Gasteiger partial charge in [0.25, 0.3) is 0 Å². The molecule has 0 aliphatic carbocycles. The van der Waals surface area contributed by atoms with E-state index in [1.165, 1.54) is 33.1 Å². The minimum absolute atomic E-state index is 0.0678. The number of aromatic nitrogens is 3. The number of methoxy groups -OCH3 is 3. The zero-order valence-electron chi connectivity index (χ0n) is 19.6. The Hall–Kier alpha value is -3.73. The number of ether oxygens (including phenoxy) is 4. The van der Waals surface area contributed by atoms with Crippen LogP contribution < -0.4 is 19.5 Å². The predicted molar refractivity (Wildman–Crippen MR) is 128 cm³/mol. The van der Waals surface area contributed by atoms with Crippen LogP contribution in [-0.2, 0) is 16.6 Å². The quantitative estimate of drug-likeness (QED) is 0.340. The van der Waals surface area contributed by atoms with Crippen molar-refractivity contribution in [3.63, 3.8) is 0 Å². The van der Waals surface area contributed by atoms with Gasteiger partial charge in [-0.2, -0.15) is 0 Å². The summed E-state index contributed by atoms with van der Waals surface area (Å²) in [5, 5.41) is 11.8. The van der Waals surface area contributed by atoms with Crippen molar-refractivity contribution in [2.75, 3.05) is 39.0 Å². The lowest BCUT2D eigenvalue weighted by Crippen LogP contribution is -2.17. The van der Waals surface area contributed by atoms with Crippen LogP contribution >= 0.6 is 11.8 Å². The maximum atomic E-state index is 12.6. The summed E-state index contributed by atoms with van der Waals surface area (Å²) in [6, 6.07) is 10.3. The summed E-state index contributed by atoms with van der Waals surface area (Å²) in [4.78, 5) is 24.7. The van der Waals surface area contributed by atoms with E-state index in [0.717, 1.165) is 0 Å². The molecule has 10 nitrogen and oxygen atoms in total. The Labute approximate surface area is 201 Å². The third kappa shape index (κ3) is 5.42. The molecule has 0 spiro atoms. The van der Waals surface area contributed by atoms with Crippen LogP contribution in [0.15, 0.2) is 41.6 Å². The predicted octanol–water partition coefficient (Wildman–Crippen LogP) is 3.42. The third-order valence-electron chi connectivity index (χ3n) is 4.79. The number of carbonyl (C=O) groups excluding carboxylic acids is 2. The maximum absolute atomic E-state index is 12.6. The Kier molecular flexibility index (Phi) is 8.36. The molecule has 0 bridgehead atoms. The summed E-state index contributed by atoms with van der Waals surface area (Å²) in [7, 11) is 6.41. The van der Waals surface area contributed by atoms with Gasteiger partial charge in [-0.25, -0.2) is 4.79 Å². The minimum Gasteiger partial charge on any atom is -0.493 e. The molecule has 0 fully saturated rings. The smallest absolute Gasteiger partial charge is 0.340 e. The van der Waals surface area contributed by atoms with Gasteiger partial charge < -0.3 is 28.8 Å². The Morgan fingerprint density at radius 3 is 2.32 bits per heavy atom. The Balaban J connectivity index is 1.74. The van der Waals surface area contributed by atoms with Crippen molar-refractivity contribution < 1.29 is 28.5 Å². The van der Waals surface area contributed by atoms with Crippen LogP contribution in [-0.4, -0.2) is 60.3 Å². The van der Waals surface area contributed by atoms with Crippen LogP contribution in [0.3, 0.4) is 0 Å². The fraction of sp³-hybridized carbons (Fsp3) is 0.304. The molecular formula is C23H26N4O6S. The average molecular weight is 487 g/mol. The highest BCUT2D eigenvalue weighted by molar-refractivity contribution is 7.99. The van der Waals surface area contributed by atoms with Crippen molar-refractivity contribution in [3.8, 4) is 28.6 Å². The molecule has 3 rings (SSSR count). The van der Waals surface area contributed by atoms with Gasteiger partial charge in [0, 0.05) is 12.6 Å². The van der Waals surface area contributed by atoms with Crippen LogP contribution in [0.5, 0.6) is 17.2 Å². The van der Waals surface area contributed by atoms with Gasteiger partial charge >= 0.3 is 5.97 Å². The topological polar surface area (TPSA) is 114 Å². The van der Waals surface area contributed by atoms with Crippen molar-refractivity contribution in [3.05, 3.63) is 42.0 Å².